The molecule has 1 aliphatic carbocycles. The molecule has 19 heavy (non-hydrogen) atoms. The van der Waals surface area contributed by atoms with Crippen LogP contribution in [0, 0.1) is 0 Å². The Kier molecular flexibility index (Phi) is 2.78. The Labute approximate surface area is 116 Å². The predicted molar refractivity (Wildman–Crippen MR) is 74.9 cm³/mol. The van der Waals surface area contributed by atoms with Crippen LogP contribution < -0.4 is 0 Å². The molecule has 0 aromatic carbocycles. The number of rotatable bonds is 2. The summed E-state index contributed by atoms with van der Waals surface area (Å²) in [6.45, 7) is 13.1. The zero-order valence-electron chi connectivity index (χ0n) is 12.9. The van der Waals surface area contributed by atoms with Gasteiger partial charge in [0.05, 0.1) is 23.4 Å². The van der Waals surface area contributed by atoms with E-state index in [1.54, 1.807) is 0 Å². The van der Waals surface area contributed by atoms with Gasteiger partial charge in [-0.25, -0.2) is 0 Å². The van der Waals surface area contributed by atoms with Crippen LogP contribution in [-0.2, 0) is 18.6 Å². The van der Waals surface area contributed by atoms with E-state index in [0.717, 1.165) is 12.8 Å². The zero-order valence-corrected chi connectivity index (χ0v) is 12.9. The van der Waals surface area contributed by atoms with Gasteiger partial charge in [-0.05, 0) is 41.5 Å². The predicted octanol–water partition coefficient (Wildman–Crippen LogP) is 2.47. The average molecular weight is 266 g/mol. The first-order chi connectivity index (χ1) is 8.58. The molecule has 0 bridgehead atoms. The highest BCUT2D eigenvalue weighted by Crippen LogP contribution is 2.63. The summed E-state index contributed by atoms with van der Waals surface area (Å²) in [4.78, 5) is 0. The molecule has 3 rings (SSSR count). The Morgan fingerprint density at radius 1 is 0.737 bits per heavy atom. The fourth-order valence-electron chi connectivity index (χ4n) is 2.72. The van der Waals surface area contributed by atoms with Gasteiger partial charge in [-0.3, -0.25) is 0 Å². The molecule has 2 heterocycles. The van der Waals surface area contributed by atoms with Gasteiger partial charge in [0.2, 0.25) is 0 Å². The minimum absolute atomic E-state index is 0.112. The molecule has 3 fully saturated rings. The third-order valence-electron chi connectivity index (χ3n) is 5.03. The third-order valence-corrected chi connectivity index (χ3v) is 5.03. The van der Waals surface area contributed by atoms with Crippen LogP contribution >= 0.6 is 0 Å². The van der Waals surface area contributed by atoms with Gasteiger partial charge < -0.3 is 18.6 Å². The summed E-state index contributed by atoms with van der Waals surface area (Å²) < 4.78 is 24.3. The molecule has 0 aromatic heterocycles. The van der Waals surface area contributed by atoms with E-state index in [0.29, 0.717) is 6.61 Å². The van der Waals surface area contributed by atoms with Crippen LogP contribution in [0.4, 0.5) is 0 Å². The summed E-state index contributed by atoms with van der Waals surface area (Å²) in [5.74, 6) is 0. The molecule has 0 radical (unpaired) electrons. The lowest BCUT2D eigenvalue weighted by atomic mass is 9.48. The average Bonchev–Trinajstić information content (AvgIpc) is 2.91. The molecule has 3 aliphatic rings. The van der Waals surface area contributed by atoms with Crippen molar-refractivity contribution in [3.63, 3.8) is 0 Å². The molecule has 2 aliphatic heterocycles. The molecule has 106 valence electrons. The smallest absolute Gasteiger partial charge is 0.408 e. The third kappa shape index (κ3) is 2.08. The molecular formula is C13H24B2O4. The number of hydrogen-bond acceptors (Lipinski definition) is 4. The molecule has 0 unspecified atom stereocenters. The first-order valence-electron chi connectivity index (χ1n) is 7.23. The fraction of sp³-hybridized carbons (Fsp3) is 1.00. The maximum absolute atomic E-state index is 6.19. The first kappa shape index (κ1) is 13.9. The summed E-state index contributed by atoms with van der Waals surface area (Å²) in [7, 11) is -0.423. The van der Waals surface area contributed by atoms with Gasteiger partial charge >= 0.3 is 14.2 Å². The van der Waals surface area contributed by atoms with E-state index in [1.165, 1.54) is 0 Å². The Balaban J connectivity index is 1.77. The van der Waals surface area contributed by atoms with Gasteiger partial charge in [0.1, 0.15) is 0 Å². The molecule has 0 aromatic rings. The molecule has 0 N–H and O–H groups in total. The van der Waals surface area contributed by atoms with E-state index in [1.807, 2.05) is 0 Å². The molecule has 0 spiro atoms. The molecule has 6 heteroatoms. The molecule has 4 nitrogen and oxygen atoms in total. The second-order valence-corrected chi connectivity index (χ2v) is 7.84. The lowest BCUT2D eigenvalue weighted by molar-refractivity contribution is 0.00578. The second-order valence-electron chi connectivity index (χ2n) is 7.84. The van der Waals surface area contributed by atoms with Crippen LogP contribution in [0.15, 0.2) is 0 Å². The Morgan fingerprint density at radius 2 is 1.26 bits per heavy atom. The summed E-state index contributed by atoms with van der Waals surface area (Å²) in [6.07, 6.45) is 2.09. The van der Waals surface area contributed by atoms with Gasteiger partial charge in [-0.2, -0.15) is 0 Å². The highest BCUT2D eigenvalue weighted by atomic mass is 16.7. The number of hydrogen-bond donors (Lipinski definition) is 0. The normalized spacial score (nSPS) is 33.8. The monoisotopic (exact) mass is 266 g/mol. The van der Waals surface area contributed by atoms with E-state index in [4.69, 9.17) is 18.6 Å². The summed E-state index contributed by atoms with van der Waals surface area (Å²) in [5.41, 5.74) is -0.785. The largest absolute Gasteiger partial charge is 0.462 e. The molecule has 0 atom stereocenters. The van der Waals surface area contributed by atoms with E-state index < -0.39 is 0 Å². The quantitative estimate of drug-likeness (QED) is 0.719. The van der Waals surface area contributed by atoms with E-state index >= 15 is 0 Å². The van der Waals surface area contributed by atoms with Crippen molar-refractivity contribution in [3.8, 4) is 0 Å². The topological polar surface area (TPSA) is 36.9 Å². The van der Waals surface area contributed by atoms with Crippen molar-refractivity contribution in [1.82, 2.24) is 0 Å². The SMILES string of the molecule is CC1(C)COB(C2(B3OC(C)(C)C(C)(C)O3)CC2)O1. The van der Waals surface area contributed by atoms with Crippen molar-refractivity contribution < 1.29 is 18.6 Å². The standard InChI is InChI=1S/C13H24B2O4/c1-10(2)9-16-14(17-10)13(7-8-13)15-18-11(3,4)12(5,6)19-15/h7-9H2,1-6H3. The van der Waals surface area contributed by atoms with Crippen molar-refractivity contribution >= 4 is 14.2 Å². The maximum Gasteiger partial charge on any atom is 0.462 e. The van der Waals surface area contributed by atoms with E-state index in [2.05, 4.69) is 41.5 Å². The second kappa shape index (κ2) is 3.79. The van der Waals surface area contributed by atoms with Gasteiger partial charge in [0.15, 0.2) is 0 Å². The van der Waals surface area contributed by atoms with Crippen molar-refractivity contribution in [2.75, 3.05) is 6.61 Å². The highest BCUT2D eigenvalue weighted by Gasteiger charge is 2.72. The van der Waals surface area contributed by atoms with Crippen LogP contribution in [0.5, 0.6) is 0 Å². The maximum atomic E-state index is 6.19. The fourth-order valence-corrected chi connectivity index (χ4v) is 2.72. The molecule has 2 saturated heterocycles. The van der Waals surface area contributed by atoms with Crippen molar-refractivity contribution in [2.45, 2.75) is 76.4 Å². The Hall–Kier alpha value is -0.0301. The van der Waals surface area contributed by atoms with E-state index in [-0.39, 0.29) is 36.3 Å². The van der Waals surface area contributed by atoms with Crippen LogP contribution in [0.2, 0.25) is 5.21 Å². The lowest BCUT2D eigenvalue weighted by Crippen LogP contribution is -2.41. The van der Waals surface area contributed by atoms with Gasteiger partial charge in [-0.15, -0.1) is 0 Å². The Morgan fingerprint density at radius 3 is 1.63 bits per heavy atom. The molecule has 1 saturated carbocycles. The van der Waals surface area contributed by atoms with Crippen LogP contribution in [0.3, 0.4) is 0 Å². The van der Waals surface area contributed by atoms with E-state index in [9.17, 15) is 0 Å². The van der Waals surface area contributed by atoms with Crippen LogP contribution in [0.1, 0.15) is 54.4 Å². The lowest BCUT2D eigenvalue weighted by Gasteiger charge is -2.32. The van der Waals surface area contributed by atoms with Gasteiger partial charge in [0.25, 0.3) is 0 Å². The minimum Gasteiger partial charge on any atom is -0.408 e. The Bertz CT molecular complexity index is 374. The van der Waals surface area contributed by atoms with Crippen molar-refractivity contribution in [2.24, 2.45) is 0 Å². The van der Waals surface area contributed by atoms with Gasteiger partial charge in [0, 0.05) is 5.21 Å². The van der Waals surface area contributed by atoms with Crippen molar-refractivity contribution in [3.05, 3.63) is 0 Å². The summed E-state index contributed by atoms with van der Waals surface area (Å²) in [5, 5.41) is -0.112. The molecular weight excluding hydrogens is 242 g/mol. The molecule has 0 amide bonds. The van der Waals surface area contributed by atoms with Crippen LogP contribution in [0.25, 0.3) is 0 Å². The summed E-state index contributed by atoms with van der Waals surface area (Å²) in [6, 6.07) is 0. The minimum atomic E-state index is -0.290. The first-order valence-corrected chi connectivity index (χ1v) is 7.23. The van der Waals surface area contributed by atoms with Crippen molar-refractivity contribution in [1.29, 1.82) is 0 Å². The van der Waals surface area contributed by atoms with Crippen LogP contribution in [-0.4, -0.2) is 37.6 Å². The van der Waals surface area contributed by atoms with Gasteiger partial charge in [-0.1, -0.05) is 12.8 Å². The highest BCUT2D eigenvalue weighted by molar-refractivity contribution is 6.73. The summed E-state index contributed by atoms with van der Waals surface area (Å²) >= 11 is 0. The zero-order chi connectivity index (χ0) is 14.1.